The van der Waals surface area contributed by atoms with Crippen molar-refractivity contribution in [1.82, 2.24) is 9.78 Å². The van der Waals surface area contributed by atoms with Crippen LogP contribution in [-0.2, 0) is 0 Å². The predicted octanol–water partition coefficient (Wildman–Crippen LogP) is 5.53. The van der Waals surface area contributed by atoms with Gasteiger partial charge in [0.2, 0.25) is 0 Å². The summed E-state index contributed by atoms with van der Waals surface area (Å²) in [5.74, 6) is 1.66. The van der Waals surface area contributed by atoms with Crippen molar-refractivity contribution in [2.75, 3.05) is 14.2 Å². The molecule has 140 valence electrons. The van der Waals surface area contributed by atoms with Gasteiger partial charge in [0, 0.05) is 11.1 Å². The number of hydrogen-bond donors (Lipinski definition) is 0. The van der Waals surface area contributed by atoms with Crippen molar-refractivity contribution >= 4 is 0 Å². The zero-order chi connectivity index (χ0) is 19.5. The zero-order valence-electron chi connectivity index (χ0n) is 16.2. The summed E-state index contributed by atoms with van der Waals surface area (Å²) in [6, 6.07) is 26.5. The van der Waals surface area contributed by atoms with Gasteiger partial charge in [-0.3, -0.25) is 0 Å². The summed E-state index contributed by atoms with van der Waals surface area (Å²) >= 11 is 0. The van der Waals surface area contributed by atoms with Crippen LogP contribution in [0.1, 0.15) is 5.56 Å². The largest absolute Gasteiger partial charge is 0.497 e. The Labute approximate surface area is 165 Å². The molecule has 0 aliphatic carbocycles. The lowest BCUT2D eigenvalue weighted by molar-refractivity contribution is 0.414. The highest BCUT2D eigenvalue weighted by molar-refractivity contribution is 5.71. The van der Waals surface area contributed by atoms with E-state index in [4.69, 9.17) is 14.6 Å². The fraction of sp³-hybridized carbons (Fsp3) is 0.125. The number of aryl methyl sites for hydroxylation is 1. The topological polar surface area (TPSA) is 36.3 Å². The summed E-state index contributed by atoms with van der Waals surface area (Å²) in [7, 11) is 3.34. The lowest BCUT2D eigenvalue weighted by Gasteiger charge is -2.09. The van der Waals surface area contributed by atoms with Crippen LogP contribution in [0.15, 0.2) is 78.9 Å². The van der Waals surface area contributed by atoms with Crippen LogP contribution >= 0.6 is 0 Å². The SMILES string of the molecule is COc1ccc(-c2cc(-c3ccc(OC)cc3)n(-c3cccc(C)c3)n2)cc1. The van der Waals surface area contributed by atoms with Crippen LogP contribution in [0, 0.1) is 6.92 Å². The van der Waals surface area contributed by atoms with E-state index in [9.17, 15) is 0 Å². The maximum atomic E-state index is 5.30. The average Bonchev–Trinajstić information content (AvgIpc) is 3.19. The highest BCUT2D eigenvalue weighted by atomic mass is 16.5. The maximum Gasteiger partial charge on any atom is 0.118 e. The molecular weight excluding hydrogens is 348 g/mol. The van der Waals surface area contributed by atoms with Gasteiger partial charge in [-0.25, -0.2) is 4.68 Å². The molecule has 28 heavy (non-hydrogen) atoms. The first-order chi connectivity index (χ1) is 13.7. The molecule has 4 heteroatoms. The lowest BCUT2D eigenvalue weighted by atomic mass is 10.1. The minimum Gasteiger partial charge on any atom is -0.497 e. The van der Waals surface area contributed by atoms with E-state index in [1.54, 1.807) is 14.2 Å². The number of rotatable bonds is 5. The van der Waals surface area contributed by atoms with E-state index in [1.165, 1.54) is 5.56 Å². The van der Waals surface area contributed by atoms with Gasteiger partial charge in [0.15, 0.2) is 0 Å². The molecule has 1 aromatic heterocycles. The molecule has 4 rings (SSSR count). The molecule has 0 saturated carbocycles. The van der Waals surface area contributed by atoms with Crippen molar-refractivity contribution in [3.8, 4) is 39.7 Å². The fourth-order valence-electron chi connectivity index (χ4n) is 3.21. The number of ether oxygens (including phenoxy) is 2. The van der Waals surface area contributed by atoms with Gasteiger partial charge in [-0.2, -0.15) is 5.10 Å². The predicted molar refractivity (Wildman–Crippen MR) is 112 cm³/mol. The van der Waals surface area contributed by atoms with Crippen molar-refractivity contribution in [2.24, 2.45) is 0 Å². The Hall–Kier alpha value is -3.53. The minimum absolute atomic E-state index is 0.831. The van der Waals surface area contributed by atoms with E-state index >= 15 is 0 Å². The monoisotopic (exact) mass is 370 g/mol. The Kier molecular flexibility index (Phi) is 4.85. The second-order valence-corrected chi connectivity index (χ2v) is 6.62. The normalized spacial score (nSPS) is 10.7. The standard InChI is InChI=1S/C24H22N2O2/c1-17-5-4-6-20(15-17)26-24(19-9-13-22(28-3)14-10-19)16-23(25-26)18-7-11-21(27-2)12-8-18/h4-16H,1-3H3. The van der Waals surface area contributed by atoms with E-state index in [2.05, 4.69) is 49.4 Å². The second-order valence-electron chi connectivity index (χ2n) is 6.62. The number of nitrogens with zero attached hydrogens (tertiary/aromatic N) is 2. The summed E-state index contributed by atoms with van der Waals surface area (Å²) in [5, 5.41) is 4.91. The Morgan fingerprint density at radius 3 is 1.89 bits per heavy atom. The first-order valence-corrected chi connectivity index (χ1v) is 9.14. The maximum absolute atomic E-state index is 5.30. The van der Waals surface area contributed by atoms with Crippen LogP contribution in [0.25, 0.3) is 28.2 Å². The third-order valence-corrected chi connectivity index (χ3v) is 4.73. The molecule has 4 nitrogen and oxygen atoms in total. The number of methoxy groups -OCH3 is 2. The van der Waals surface area contributed by atoms with Gasteiger partial charge in [0.25, 0.3) is 0 Å². The molecule has 0 unspecified atom stereocenters. The smallest absolute Gasteiger partial charge is 0.118 e. The molecule has 0 aliphatic rings. The molecule has 4 aromatic rings. The van der Waals surface area contributed by atoms with Crippen LogP contribution in [0.2, 0.25) is 0 Å². The third kappa shape index (κ3) is 3.49. The number of hydrogen-bond acceptors (Lipinski definition) is 3. The molecule has 0 fully saturated rings. The van der Waals surface area contributed by atoms with Crippen molar-refractivity contribution < 1.29 is 9.47 Å². The van der Waals surface area contributed by atoms with Crippen LogP contribution in [-0.4, -0.2) is 24.0 Å². The molecule has 0 amide bonds. The van der Waals surface area contributed by atoms with E-state index in [0.29, 0.717) is 0 Å². The Bertz CT molecular complexity index is 1080. The van der Waals surface area contributed by atoms with Gasteiger partial charge in [-0.1, -0.05) is 12.1 Å². The van der Waals surface area contributed by atoms with Crippen molar-refractivity contribution in [1.29, 1.82) is 0 Å². The zero-order valence-corrected chi connectivity index (χ0v) is 16.2. The Morgan fingerprint density at radius 1 is 0.714 bits per heavy atom. The fourth-order valence-corrected chi connectivity index (χ4v) is 3.21. The molecule has 1 heterocycles. The quantitative estimate of drug-likeness (QED) is 0.463. The van der Waals surface area contributed by atoms with Crippen molar-refractivity contribution in [3.63, 3.8) is 0 Å². The van der Waals surface area contributed by atoms with Crippen molar-refractivity contribution in [3.05, 3.63) is 84.4 Å². The minimum atomic E-state index is 0.831. The summed E-state index contributed by atoms with van der Waals surface area (Å²) in [4.78, 5) is 0. The summed E-state index contributed by atoms with van der Waals surface area (Å²) < 4.78 is 12.6. The van der Waals surface area contributed by atoms with E-state index in [-0.39, 0.29) is 0 Å². The third-order valence-electron chi connectivity index (χ3n) is 4.73. The van der Waals surface area contributed by atoms with Gasteiger partial charge >= 0.3 is 0 Å². The van der Waals surface area contributed by atoms with Gasteiger partial charge in [-0.05, 0) is 79.2 Å². The number of benzene rings is 3. The van der Waals surface area contributed by atoms with Crippen LogP contribution in [0.3, 0.4) is 0 Å². The first-order valence-electron chi connectivity index (χ1n) is 9.14. The summed E-state index contributed by atoms with van der Waals surface area (Å²) in [6.07, 6.45) is 0. The van der Waals surface area contributed by atoms with Gasteiger partial charge < -0.3 is 9.47 Å². The van der Waals surface area contributed by atoms with Gasteiger partial charge in [0.05, 0.1) is 31.3 Å². The lowest BCUT2D eigenvalue weighted by Crippen LogP contribution is -1.99. The number of aromatic nitrogens is 2. The van der Waals surface area contributed by atoms with E-state index in [1.807, 2.05) is 41.1 Å². The molecule has 3 aromatic carbocycles. The molecule has 0 spiro atoms. The Balaban J connectivity index is 1.85. The van der Waals surface area contributed by atoms with Gasteiger partial charge in [-0.15, -0.1) is 0 Å². The molecular formula is C24H22N2O2. The van der Waals surface area contributed by atoms with Crippen LogP contribution in [0.4, 0.5) is 0 Å². The first kappa shape index (κ1) is 17.9. The highest BCUT2D eigenvalue weighted by Gasteiger charge is 2.13. The molecule has 0 saturated heterocycles. The van der Waals surface area contributed by atoms with Crippen LogP contribution in [0.5, 0.6) is 11.5 Å². The molecule has 0 aliphatic heterocycles. The van der Waals surface area contributed by atoms with E-state index in [0.717, 1.165) is 39.7 Å². The highest BCUT2D eigenvalue weighted by Crippen LogP contribution is 2.30. The molecule has 0 atom stereocenters. The summed E-state index contributed by atoms with van der Waals surface area (Å²) in [6.45, 7) is 2.09. The summed E-state index contributed by atoms with van der Waals surface area (Å²) in [5.41, 5.74) is 6.29. The average molecular weight is 370 g/mol. The molecule has 0 N–H and O–H groups in total. The van der Waals surface area contributed by atoms with Crippen LogP contribution < -0.4 is 9.47 Å². The molecule has 0 radical (unpaired) electrons. The van der Waals surface area contributed by atoms with Gasteiger partial charge in [0.1, 0.15) is 11.5 Å². The molecule has 0 bridgehead atoms. The second kappa shape index (κ2) is 7.61. The Morgan fingerprint density at radius 2 is 1.32 bits per heavy atom. The van der Waals surface area contributed by atoms with Crippen molar-refractivity contribution in [2.45, 2.75) is 6.92 Å². The van der Waals surface area contributed by atoms with E-state index < -0.39 is 0 Å².